The fourth-order valence-corrected chi connectivity index (χ4v) is 3.12. The number of nitrogens with one attached hydrogen (secondary N) is 1. The van der Waals surface area contributed by atoms with E-state index in [1.54, 1.807) is 4.57 Å². The van der Waals surface area contributed by atoms with Gasteiger partial charge in [-0.1, -0.05) is 11.6 Å². The minimum Gasteiger partial charge on any atom is -0.341 e. The highest BCUT2D eigenvalue weighted by molar-refractivity contribution is 7.71. The predicted octanol–water partition coefficient (Wildman–Crippen LogP) is 3.50. The van der Waals surface area contributed by atoms with Crippen LogP contribution in [0.4, 0.5) is 4.39 Å². The van der Waals surface area contributed by atoms with Gasteiger partial charge >= 0.3 is 0 Å². The van der Waals surface area contributed by atoms with Crippen molar-refractivity contribution in [1.82, 2.24) is 14.5 Å². The standard InChI is InChI=1S/C14H15ClFN3OS/c15-9-6-12-11(7-10(9)16)17-14(21)19(12)8-13(20)18-4-2-1-3-5-18/h6-7H,1-5,8H2,(H,17,21). The Bertz CT molecular complexity index is 748. The number of nitrogens with zero attached hydrogens (tertiary/aromatic N) is 2. The summed E-state index contributed by atoms with van der Waals surface area (Å²) in [5.74, 6) is -0.470. The monoisotopic (exact) mass is 327 g/mol. The average Bonchev–Trinajstić information content (AvgIpc) is 2.76. The molecule has 0 atom stereocenters. The summed E-state index contributed by atoms with van der Waals surface area (Å²) < 4.78 is 15.5. The molecule has 2 heterocycles. The average molecular weight is 328 g/mol. The molecule has 0 bridgehead atoms. The van der Waals surface area contributed by atoms with E-state index in [9.17, 15) is 9.18 Å². The maximum absolute atomic E-state index is 13.5. The van der Waals surface area contributed by atoms with Crippen LogP contribution in [0.2, 0.25) is 5.02 Å². The Morgan fingerprint density at radius 1 is 1.33 bits per heavy atom. The number of imidazole rings is 1. The molecule has 2 aromatic rings. The fraction of sp³-hybridized carbons (Fsp3) is 0.429. The van der Waals surface area contributed by atoms with Gasteiger partial charge in [-0.15, -0.1) is 0 Å². The number of amides is 1. The van der Waals surface area contributed by atoms with Gasteiger partial charge in [-0.25, -0.2) is 4.39 Å². The van der Waals surface area contributed by atoms with Crippen molar-refractivity contribution < 1.29 is 9.18 Å². The van der Waals surface area contributed by atoms with Gasteiger partial charge in [0.05, 0.1) is 16.1 Å². The van der Waals surface area contributed by atoms with Crippen LogP contribution in [-0.2, 0) is 11.3 Å². The van der Waals surface area contributed by atoms with Crippen LogP contribution in [0.25, 0.3) is 11.0 Å². The quantitative estimate of drug-likeness (QED) is 0.858. The van der Waals surface area contributed by atoms with Gasteiger partial charge in [0.2, 0.25) is 5.91 Å². The SMILES string of the molecule is O=C(Cn1c(=S)[nH]c2cc(F)c(Cl)cc21)N1CCCCC1. The first-order chi connectivity index (χ1) is 10.1. The van der Waals surface area contributed by atoms with Crippen molar-refractivity contribution in [1.29, 1.82) is 0 Å². The van der Waals surface area contributed by atoms with E-state index < -0.39 is 5.82 Å². The zero-order valence-electron chi connectivity index (χ0n) is 11.4. The van der Waals surface area contributed by atoms with Gasteiger partial charge < -0.3 is 14.5 Å². The molecule has 1 N–H and O–H groups in total. The highest BCUT2D eigenvalue weighted by Gasteiger charge is 2.18. The second-order valence-corrected chi connectivity index (χ2v) is 6.04. The number of carbonyl (C=O) groups excluding carboxylic acids is 1. The van der Waals surface area contributed by atoms with E-state index in [0.717, 1.165) is 25.9 Å². The first-order valence-corrected chi connectivity index (χ1v) is 7.70. The third kappa shape index (κ3) is 2.82. The van der Waals surface area contributed by atoms with Gasteiger partial charge in [0, 0.05) is 19.2 Å². The van der Waals surface area contributed by atoms with Crippen molar-refractivity contribution in [2.45, 2.75) is 25.8 Å². The zero-order chi connectivity index (χ0) is 15.0. The maximum atomic E-state index is 13.5. The molecule has 21 heavy (non-hydrogen) atoms. The fourth-order valence-electron chi connectivity index (χ4n) is 2.69. The minimum atomic E-state index is -0.505. The van der Waals surface area contributed by atoms with Gasteiger partial charge in [0.25, 0.3) is 0 Å². The molecule has 1 aromatic heterocycles. The van der Waals surface area contributed by atoms with Crippen LogP contribution in [0.1, 0.15) is 19.3 Å². The second-order valence-electron chi connectivity index (χ2n) is 5.24. The summed E-state index contributed by atoms with van der Waals surface area (Å²) in [4.78, 5) is 17.1. The van der Waals surface area contributed by atoms with Crippen molar-refractivity contribution in [3.05, 3.63) is 27.7 Å². The number of hydrogen-bond acceptors (Lipinski definition) is 2. The van der Waals surface area contributed by atoms with Gasteiger partial charge in [0.15, 0.2) is 4.77 Å². The van der Waals surface area contributed by atoms with E-state index in [1.807, 2.05) is 4.90 Å². The predicted molar refractivity (Wildman–Crippen MR) is 82.5 cm³/mol. The summed E-state index contributed by atoms with van der Waals surface area (Å²) in [7, 11) is 0. The lowest BCUT2D eigenvalue weighted by atomic mass is 10.1. The Balaban J connectivity index is 1.93. The normalized spacial score (nSPS) is 15.6. The maximum Gasteiger partial charge on any atom is 0.242 e. The number of benzene rings is 1. The molecular formula is C14H15ClFN3OS. The molecule has 112 valence electrons. The zero-order valence-corrected chi connectivity index (χ0v) is 12.9. The number of aromatic nitrogens is 2. The molecule has 1 amide bonds. The van der Waals surface area contributed by atoms with E-state index in [4.69, 9.17) is 23.8 Å². The van der Waals surface area contributed by atoms with Gasteiger partial charge in [-0.05, 0) is 37.5 Å². The van der Waals surface area contributed by atoms with Crippen molar-refractivity contribution in [2.24, 2.45) is 0 Å². The van der Waals surface area contributed by atoms with Crippen molar-refractivity contribution in [3.8, 4) is 0 Å². The number of carbonyl (C=O) groups is 1. The number of hydrogen-bond donors (Lipinski definition) is 1. The molecule has 0 spiro atoms. The molecule has 1 aliphatic heterocycles. The molecule has 7 heteroatoms. The van der Waals surface area contributed by atoms with Crippen molar-refractivity contribution in [3.63, 3.8) is 0 Å². The number of likely N-dealkylation sites (tertiary alicyclic amines) is 1. The summed E-state index contributed by atoms with van der Waals surface area (Å²) >= 11 is 11.1. The molecule has 1 saturated heterocycles. The third-order valence-corrected chi connectivity index (χ3v) is 4.43. The van der Waals surface area contributed by atoms with E-state index in [2.05, 4.69) is 4.98 Å². The highest BCUT2D eigenvalue weighted by Crippen LogP contribution is 2.23. The number of fused-ring (bicyclic) bond motifs is 1. The van der Waals surface area contributed by atoms with Crippen LogP contribution >= 0.6 is 23.8 Å². The Morgan fingerprint density at radius 3 is 2.76 bits per heavy atom. The van der Waals surface area contributed by atoms with Crippen molar-refractivity contribution >= 4 is 40.8 Å². The van der Waals surface area contributed by atoms with Crippen molar-refractivity contribution in [2.75, 3.05) is 13.1 Å². The van der Waals surface area contributed by atoms with Crippen LogP contribution in [0, 0.1) is 10.6 Å². The largest absolute Gasteiger partial charge is 0.341 e. The molecule has 1 fully saturated rings. The third-order valence-electron chi connectivity index (χ3n) is 3.82. The number of H-pyrrole nitrogens is 1. The highest BCUT2D eigenvalue weighted by atomic mass is 35.5. The summed E-state index contributed by atoms with van der Waals surface area (Å²) in [6, 6.07) is 2.80. The van der Waals surface area contributed by atoms with Crippen LogP contribution < -0.4 is 0 Å². The van der Waals surface area contributed by atoms with Crippen LogP contribution in [0.15, 0.2) is 12.1 Å². The summed E-state index contributed by atoms with van der Waals surface area (Å²) in [5, 5.41) is 0.0238. The van der Waals surface area contributed by atoms with E-state index >= 15 is 0 Å². The van der Waals surface area contributed by atoms with E-state index in [1.165, 1.54) is 18.6 Å². The summed E-state index contributed by atoms with van der Waals surface area (Å²) in [6.07, 6.45) is 3.26. The van der Waals surface area contributed by atoms with Gasteiger partial charge in [-0.3, -0.25) is 4.79 Å². The van der Waals surface area contributed by atoms with Crippen LogP contribution in [0.3, 0.4) is 0 Å². The first-order valence-electron chi connectivity index (χ1n) is 6.91. The molecule has 0 saturated carbocycles. The molecule has 0 aliphatic carbocycles. The Labute approximate surface area is 131 Å². The number of piperidine rings is 1. The van der Waals surface area contributed by atoms with Crippen LogP contribution in [0.5, 0.6) is 0 Å². The molecular weight excluding hydrogens is 313 g/mol. The Morgan fingerprint density at radius 2 is 2.05 bits per heavy atom. The molecule has 0 unspecified atom stereocenters. The Kier molecular flexibility index (Phi) is 3.99. The smallest absolute Gasteiger partial charge is 0.242 e. The second kappa shape index (κ2) is 5.77. The molecule has 0 radical (unpaired) electrons. The molecule has 1 aliphatic rings. The van der Waals surface area contributed by atoms with Crippen LogP contribution in [-0.4, -0.2) is 33.4 Å². The Hall–Kier alpha value is -1.40. The minimum absolute atomic E-state index is 0.0238. The lowest BCUT2D eigenvalue weighted by molar-refractivity contribution is -0.132. The number of aromatic amines is 1. The number of halogens is 2. The van der Waals surface area contributed by atoms with Gasteiger partial charge in [-0.2, -0.15) is 0 Å². The lowest BCUT2D eigenvalue weighted by Gasteiger charge is -2.26. The summed E-state index contributed by atoms with van der Waals surface area (Å²) in [5.41, 5.74) is 1.20. The molecule has 3 rings (SSSR count). The lowest BCUT2D eigenvalue weighted by Crippen LogP contribution is -2.37. The number of rotatable bonds is 2. The first kappa shape index (κ1) is 14.5. The van der Waals surface area contributed by atoms with E-state index in [-0.39, 0.29) is 17.5 Å². The molecule has 4 nitrogen and oxygen atoms in total. The molecule has 1 aromatic carbocycles. The van der Waals surface area contributed by atoms with Gasteiger partial charge in [0.1, 0.15) is 12.4 Å². The summed E-state index contributed by atoms with van der Waals surface area (Å²) in [6.45, 7) is 1.74. The van der Waals surface area contributed by atoms with E-state index in [0.29, 0.717) is 15.8 Å². The topological polar surface area (TPSA) is 41.0 Å².